The standard InChI is InChI=1S/C12H18O2S/c1-8-7-10(9(2)15-8)12(13)11-5-3-4-6-14-11/h7,11-13H,3-6H2,1-2H3. The summed E-state index contributed by atoms with van der Waals surface area (Å²) in [6, 6.07) is 2.09. The lowest BCUT2D eigenvalue weighted by molar-refractivity contribution is -0.0633. The number of thiophene rings is 1. The quantitative estimate of drug-likeness (QED) is 0.840. The van der Waals surface area contributed by atoms with Crippen LogP contribution in [0.1, 0.15) is 40.7 Å². The molecular formula is C12H18O2S. The van der Waals surface area contributed by atoms with Crippen molar-refractivity contribution in [2.45, 2.75) is 45.3 Å². The van der Waals surface area contributed by atoms with E-state index in [-0.39, 0.29) is 6.10 Å². The van der Waals surface area contributed by atoms with Crippen molar-refractivity contribution in [3.63, 3.8) is 0 Å². The van der Waals surface area contributed by atoms with Gasteiger partial charge in [-0.2, -0.15) is 0 Å². The van der Waals surface area contributed by atoms with Gasteiger partial charge in [-0.1, -0.05) is 0 Å². The van der Waals surface area contributed by atoms with Crippen LogP contribution in [0.3, 0.4) is 0 Å². The SMILES string of the molecule is Cc1cc(C(O)C2CCCCO2)c(C)s1. The maximum atomic E-state index is 10.2. The summed E-state index contributed by atoms with van der Waals surface area (Å²) in [5.41, 5.74) is 1.06. The molecule has 0 aromatic carbocycles. The summed E-state index contributed by atoms with van der Waals surface area (Å²) in [4.78, 5) is 2.48. The molecule has 0 aliphatic carbocycles. The van der Waals surface area contributed by atoms with Gasteiger partial charge in [-0.25, -0.2) is 0 Å². The fourth-order valence-corrected chi connectivity index (χ4v) is 3.13. The smallest absolute Gasteiger partial charge is 0.106 e. The van der Waals surface area contributed by atoms with Crippen LogP contribution in [0, 0.1) is 13.8 Å². The van der Waals surface area contributed by atoms with Crippen molar-refractivity contribution in [2.24, 2.45) is 0 Å². The van der Waals surface area contributed by atoms with Crippen molar-refractivity contribution in [3.8, 4) is 0 Å². The molecule has 2 atom stereocenters. The van der Waals surface area contributed by atoms with E-state index in [2.05, 4.69) is 19.9 Å². The first-order chi connectivity index (χ1) is 7.18. The first-order valence-corrected chi connectivity index (χ1v) is 6.36. The summed E-state index contributed by atoms with van der Waals surface area (Å²) in [5, 5.41) is 10.2. The van der Waals surface area contributed by atoms with Crippen molar-refractivity contribution < 1.29 is 9.84 Å². The van der Waals surface area contributed by atoms with Crippen LogP contribution in [0.5, 0.6) is 0 Å². The molecule has 2 nitrogen and oxygen atoms in total. The predicted octanol–water partition coefficient (Wildman–Crippen LogP) is 2.97. The second kappa shape index (κ2) is 4.64. The molecule has 0 bridgehead atoms. The second-order valence-electron chi connectivity index (χ2n) is 4.22. The van der Waals surface area contributed by atoms with Crippen LogP contribution in [-0.4, -0.2) is 17.8 Å². The van der Waals surface area contributed by atoms with E-state index >= 15 is 0 Å². The molecule has 2 rings (SSSR count). The minimum absolute atomic E-state index is 0.00597. The Hall–Kier alpha value is -0.380. The van der Waals surface area contributed by atoms with Gasteiger partial charge in [0.15, 0.2) is 0 Å². The molecule has 0 amide bonds. The van der Waals surface area contributed by atoms with Gasteiger partial charge in [-0.15, -0.1) is 11.3 Å². The Morgan fingerprint density at radius 2 is 2.27 bits per heavy atom. The fraction of sp³-hybridized carbons (Fsp3) is 0.667. The number of aryl methyl sites for hydroxylation is 2. The molecule has 0 spiro atoms. The van der Waals surface area contributed by atoms with E-state index in [4.69, 9.17) is 4.74 Å². The molecule has 2 heterocycles. The van der Waals surface area contributed by atoms with Gasteiger partial charge in [-0.3, -0.25) is 0 Å². The Balaban J connectivity index is 2.12. The zero-order valence-corrected chi connectivity index (χ0v) is 10.1. The first kappa shape index (κ1) is 11.1. The maximum Gasteiger partial charge on any atom is 0.106 e. The maximum absolute atomic E-state index is 10.2. The van der Waals surface area contributed by atoms with Crippen molar-refractivity contribution in [1.82, 2.24) is 0 Å². The van der Waals surface area contributed by atoms with Gasteiger partial charge in [0.1, 0.15) is 6.10 Å². The lowest BCUT2D eigenvalue weighted by Crippen LogP contribution is -2.26. The largest absolute Gasteiger partial charge is 0.386 e. The zero-order valence-electron chi connectivity index (χ0n) is 9.32. The number of ether oxygens (including phenoxy) is 1. The monoisotopic (exact) mass is 226 g/mol. The molecule has 1 N–H and O–H groups in total. The molecule has 15 heavy (non-hydrogen) atoms. The van der Waals surface area contributed by atoms with E-state index in [1.807, 2.05) is 0 Å². The van der Waals surface area contributed by atoms with Gasteiger partial charge >= 0.3 is 0 Å². The number of rotatable bonds is 2. The lowest BCUT2D eigenvalue weighted by atomic mass is 9.99. The molecule has 84 valence electrons. The second-order valence-corrected chi connectivity index (χ2v) is 5.68. The van der Waals surface area contributed by atoms with Crippen LogP contribution < -0.4 is 0 Å². The Morgan fingerprint density at radius 3 is 2.80 bits per heavy atom. The van der Waals surface area contributed by atoms with Crippen LogP contribution in [0.25, 0.3) is 0 Å². The van der Waals surface area contributed by atoms with Gasteiger partial charge in [-0.05, 0) is 44.7 Å². The normalized spacial score (nSPS) is 24.1. The lowest BCUT2D eigenvalue weighted by Gasteiger charge is -2.27. The molecule has 1 aromatic rings. The topological polar surface area (TPSA) is 29.5 Å². The first-order valence-electron chi connectivity index (χ1n) is 5.55. The van der Waals surface area contributed by atoms with Gasteiger partial charge in [0.2, 0.25) is 0 Å². The Bertz CT molecular complexity index is 326. The fourth-order valence-electron chi connectivity index (χ4n) is 2.16. The van der Waals surface area contributed by atoms with Gasteiger partial charge in [0, 0.05) is 16.4 Å². The Morgan fingerprint density at radius 1 is 1.47 bits per heavy atom. The highest BCUT2D eigenvalue weighted by Crippen LogP contribution is 2.32. The molecule has 0 radical (unpaired) electrons. The third-order valence-electron chi connectivity index (χ3n) is 2.97. The van der Waals surface area contributed by atoms with Gasteiger partial charge < -0.3 is 9.84 Å². The molecule has 1 fully saturated rings. The van der Waals surface area contributed by atoms with E-state index in [1.165, 1.54) is 16.2 Å². The summed E-state index contributed by atoms with van der Waals surface area (Å²) >= 11 is 1.75. The minimum atomic E-state index is -0.435. The van der Waals surface area contributed by atoms with Crippen molar-refractivity contribution in [2.75, 3.05) is 6.61 Å². The zero-order chi connectivity index (χ0) is 10.8. The van der Waals surface area contributed by atoms with Crippen molar-refractivity contribution in [3.05, 3.63) is 21.4 Å². The molecule has 1 aromatic heterocycles. The average molecular weight is 226 g/mol. The van der Waals surface area contributed by atoms with E-state index in [9.17, 15) is 5.11 Å². The van der Waals surface area contributed by atoms with E-state index in [0.717, 1.165) is 25.0 Å². The summed E-state index contributed by atoms with van der Waals surface area (Å²) in [7, 11) is 0. The van der Waals surface area contributed by atoms with Crippen molar-refractivity contribution in [1.29, 1.82) is 0 Å². The molecule has 2 unspecified atom stereocenters. The average Bonchev–Trinajstić information content (AvgIpc) is 2.58. The molecule has 0 saturated carbocycles. The summed E-state index contributed by atoms with van der Waals surface area (Å²) in [6.07, 6.45) is 2.85. The third kappa shape index (κ3) is 2.41. The number of aliphatic hydroxyl groups is 1. The molecule has 1 saturated heterocycles. The highest BCUT2D eigenvalue weighted by atomic mass is 32.1. The molecule has 1 aliphatic heterocycles. The predicted molar refractivity (Wildman–Crippen MR) is 62.3 cm³/mol. The van der Waals surface area contributed by atoms with E-state index in [0.29, 0.717) is 0 Å². The molecule has 1 aliphatic rings. The third-order valence-corrected chi connectivity index (χ3v) is 3.95. The molecule has 3 heteroatoms. The number of aliphatic hydroxyl groups excluding tert-OH is 1. The van der Waals surface area contributed by atoms with E-state index < -0.39 is 6.10 Å². The van der Waals surface area contributed by atoms with Gasteiger partial charge in [0.05, 0.1) is 6.10 Å². The summed E-state index contributed by atoms with van der Waals surface area (Å²) in [6.45, 7) is 4.94. The van der Waals surface area contributed by atoms with Crippen LogP contribution in [0.2, 0.25) is 0 Å². The Labute approximate surface area is 94.9 Å². The highest BCUT2D eigenvalue weighted by molar-refractivity contribution is 7.12. The van der Waals surface area contributed by atoms with Crippen LogP contribution in [0.4, 0.5) is 0 Å². The highest BCUT2D eigenvalue weighted by Gasteiger charge is 2.25. The summed E-state index contributed by atoms with van der Waals surface area (Å²) < 4.78 is 5.61. The van der Waals surface area contributed by atoms with Crippen molar-refractivity contribution >= 4 is 11.3 Å². The van der Waals surface area contributed by atoms with Crippen LogP contribution in [0.15, 0.2) is 6.07 Å². The van der Waals surface area contributed by atoms with Gasteiger partial charge in [0.25, 0.3) is 0 Å². The number of hydrogen-bond acceptors (Lipinski definition) is 3. The van der Waals surface area contributed by atoms with E-state index in [1.54, 1.807) is 11.3 Å². The van der Waals surface area contributed by atoms with Crippen LogP contribution in [-0.2, 0) is 4.74 Å². The summed E-state index contributed by atoms with van der Waals surface area (Å²) in [5.74, 6) is 0. The van der Waals surface area contributed by atoms with Crippen LogP contribution >= 0.6 is 11.3 Å². The minimum Gasteiger partial charge on any atom is -0.386 e. The number of hydrogen-bond donors (Lipinski definition) is 1. The Kier molecular flexibility index (Phi) is 3.44. The molecular weight excluding hydrogens is 208 g/mol.